The van der Waals surface area contributed by atoms with E-state index in [1.807, 2.05) is 31.3 Å². The molecular weight excluding hydrogens is 412 g/mol. The molecule has 4 aromatic rings. The number of hydrogen-bond acceptors (Lipinski definition) is 4. The Morgan fingerprint density at radius 1 is 1.15 bits per heavy atom. The standard InChI is InChI=1S/C27H28N4O2/c1-17-6-7-19(28-15-17)16-33-21-10-11-31(26(32)14-21)20-8-9-22-24(13-20)30(2)25-12-18-4-3-5-23(29-18)27(22)25/h6-11,13-15,18,23,29H,3-5,12,16H2,1-2H3. The van der Waals surface area contributed by atoms with E-state index < -0.39 is 0 Å². The van der Waals surface area contributed by atoms with Crippen molar-refractivity contribution in [2.75, 3.05) is 0 Å². The molecular formula is C27H28N4O2. The van der Waals surface area contributed by atoms with E-state index in [-0.39, 0.29) is 5.56 Å². The fraction of sp³-hybridized carbons (Fsp3) is 0.333. The number of fused-ring (bicyclic) bond motifs is 6. The van der Waals surface area contributed by atoms with Crippen molar-refractivity contribution in [2.24, 2.45) is 7.05 Å². The fourth-order valence-electron chi connectivity index (χ4n) is 5.44. The highest BCUT2D eigenvalue weighted by Crippen LogP contribution is 2.40. The van der Waals surface area contributed by atoms with E-state index in [0.29, 0.717) is 24.4 Å². The van der Waals surface area contributed by atoms with E-state index in [1.165, 1.54) is 41.4 Å². The third-order valence-electron chi connectivity index (χ3n) is 7.15. The summed E-state index contributed by atoms with van der Waals surface area (Å²) in [6.07, 6.45) is 8.43. The van der Waals surface area contributed by atoms with Gasteiger partial charge in [0, 0.05) is 55.1 Å². The highest BCUT2D eigenvalue weighted by molar-refractivity contribution is 5.88. The van der Waals surface area contributed by atoms with Crippen molar-refractivity contribution in [1.29, 1.82) is 0 Å². The van der Waals surface area contributed by atoms with Gasteiger partial charge in [-0.3, -0.25) is 14.3 Å². The summed E-state index contributed by atoms with van der Waals surface area (Å²) >= 11 is 0. The molecule has 1 fully saturated rings. The summed E-state index contributed by atoms with van der Waals surface area (Å²) in [5.41, 5.74) is 6.78. The molecule has 33 heavy (non-hydrogen) atoms. The molecule has 2 aliphatic heterocycles. The lowest BCUT2D eigenvalue weighted by Crippen LogP contribution is -2.42. The molecule has 168 valence electrons. The van der Waals surface area contributed by atoms with Gasteiger partial charge in [0.25, 0.3) is 5.56 Å². The van der Waals surface area contributed by atoms with Crippen molar-refractivity contribution in [3.63, 3.8) is 0 Å². The number of ether oxygens (including phenoxy) is 1. The average molecular weight is 441 g/mol. The number of piperidine rings is 1. The van der Waals surface area contributed by atoms with Crippen LogP contribution in [0.2, 0.25) is 0 Å². The Kier molecular flexibility index (Phi) is 4.84. The first-order chi connectivity index (χ1) is 16.1. The van der Waals surface area contributed by atoms with E-state index in [4.69, 9.17) is 4.74 Å². The lowest BCUT2D eigenvalue weighted by atomic mass is 9.84. The summed E-state index contributed by atoms with van der Waals surface area (Å²) in [4.78, 5) is 17.3. The van der Waals surface area contributed by atoms with Crippen molar-refractivity contribution in [3.8, 4) is 11.4 Å². The molecule has 1 N–H and O–H groups in total. The van der Waals surface area contributed by atoms with Gasteiger partial charge in [-0.25, -0.2) is 0 Å². The van der Waals surface area contributed by atoms with Gasteiger partial charge < -0.3 is 14.6 Å². The molecule has 2 atom stereocenters. The molecule has 0 saturated carbocycles. The van der Waals surface area contributed by atoms with Crippen LogP contribution in [0.3, 0.4) is 0 Å². The largest absolute Gasteiger partial charge is 0.487 e. The van der Waals surface area contributed by atoms with Crippen LogP contribution in [0, 0.1) is 6.92 Å². The van der Waals surface area contributed by atoms with Gasteiger partial charge in [-0.05, 0) is 61.6 Å². The second-order valence-corrected chi connectivity index (χ2v) is 9.36. The molecule has 0 radical (unpaired) electrons. The van der Waals surface area contributed by atoms with Crippen LogP contribution in [0.5, 0.6) is 5.75 Å². The summed E-state index contributed by atoms with van der Waals surface area (Å²) in [5, 5.41) is 5.11. The Bertz CT molecular complexity index is 1400. The molecule has 2 aliphatic rings. The number of nitrogens with one attached hydrogen (secondary N) is 1. The highest BCUT2D eigenvalue weighted by Gasteiger charge is 2.33. The Morgan fingerprint density at radius 3 is 2.88 bits per heavy atom. The summed E-state index contributed by atoms with van der Waals surface area (Å²) in [6.45, 7) is 2.34. The van der Waals surface area contributed by atoms with Crippen LogP contribution < -0.4 is 15.6 Å². The van der Waals surface area contributed by atoms with Crippen LogP contribution in [0.4, 0.5) is 0 Å². The first-order valence-corrected chi connectivity index (χ1v) is 11.7. The highest BCUT2D eigenvalue weighted by atomic mass is 16.5. The number of pyridine rings is 2. The van der Waals surface area contributed by atoms with E-state index in [1.54, 1.807) is 16.8 Å². The van der Waals surface area contributed by atoms with E-state index in [2.05, 4.69) is 40.1 Å². The third-order valence-corrected chi connectivity index (χ3v) is 7.15. The molecule has 0 aliphatic carbocycles. The van der Waals surface area contributed by atoms with Crippen molar-refractivity contribution in [2.45, 2.75) is 51.3 Å². The molecule has 0 amide bonds. The second kappa shape index (κ2) is 7.89. The maximum Gasteiger partial charge on any atom is 0.258 e. The van der Waals surface area contributed by atoms with Crippen molar-refractivity contribution >= 4 is 10.9 Å². The van der Waals surface area contributed by atoms with Gasteiger partial charge in [-0.1, -0.05) is 12.1 Å². The van der Waals surface area contributed by atoms with Gasteiger partial charge in [0.15, 0.2) is 0 Å². The molecule has 6 nitrogen and oxygen atoms in total. The molecule has 6 heteroatoms. The van der Waals surface area contributed by atoms with Crippen LogP contribution >= 0.6 is 0 Å². The minimum atomic E-state index is -0.111. The molecule has 2 unspecified atom stereocenters. The zero-order valence-corrected chi connectivity index (χ0v) is 19.0. The predicted octanol–water partition coefficient (Wildman–Crippen LogP) is 4.35. The Balaban J connectivity index is 1.30. The topological polar surface area (TPSA) is 61.1 Å². The van der Waals surface area contributed by atoms with Crippen molar-refractivity contribution in [1.82, 2.24) is 19.4 Å². The van der Waals surface area contributed by atoms with Crippen LogP contribution in [0.15, 0.2) is 59.7 Å². The maximum absolute atomic E-state index is 12.9. The van der Waals surface area contributed by atoms with Crippen molar-refractivity contribution < 1.29 is 4.74 Å². The van der Waals surface area contributed by atoms with E-state index >= 15 is 0 Å². The average Bonchev–Trinajstić information content (AvgIpc) is 3.10. The molecule has 0 spiro atoms. The smallest absolute Gasteiger partial charge is 0.258 e. The normalized spacial score (nSPS) is 19.5. The monoisotopic (exact) mass is 440 g/mol. The zero-order valence-electron chi connectivity index (χ0n) is 19.0. The molecule has 5 heterocycles. The van der Waals surface area contributed by atoms with E-state index in [0.717, 1.165) is 23.4 Å². The van der Waals surface area contributed by atoms with Crippen LogP contribution in [0.1, 0.15) is 47.8 Å². The second-order valence-electron chi connectivity index (χ2n) is 9.36. The molecule has 6 rings (SSSR count). The fourth-order valence-corrected chi connectivity index (χ4v) is 5.44. The predicted molar refractivity (Wildman–Crippen MR) is 129 cm³/mol. The first kappa shape index (κ1) is 20.2. The lowest BCUT2D eigenvalue weighted by molar-refractivity contribution is 0.299. The third kappa shape index (κ3) is 3.55. The molecule has 2 bridgehead atoms. The Hall–Kier alpha value is -3.38. The number of nitrogens with zero attached hydrogens (tertiary/aromatic N) is 3. The van der Waals surface area contributed by atoms with Crippen LogP contribution in [-0.4, -0.2) is 20.2 Å². The Morgan fingerprint density at radius 2 is 2.06 bits per heavy atom. The van der Waals surface area contributed by atoms with Gasteiger partial charge in [-0.2, -0.15) is 0 Å². The summed E-state index contributed by atoms with van der Waals surface area (Å²) < 4.78 is 9.81. The molecule has 3 aromatic heterocycles. The van der Waals surface area contributed by atoms with Gasteiger partial charge in [-0.15, -0.1) is 0 Å². The Labute approximate surface area is 192 Å². The number of aryl methyl sites for hydroxylation is 2. The molecule has 1 aromatic carbocycles. The minimum absolute atomic E-state index is 0.111. The SMILES string of the molecule is Cc1ccc(COc2ccn(-c3ccc4c5c(n(C)c4c3)CC3CCCC5N3)c(=O)c2)nc1. The number of aromatic nitrogens is 3. The maximum atomic E-state index is 12.9. The number of hydrogen-bond donors (Lipinski definition) is 1. The number of rotatable bonds is 4. The van der Waals surface area contributed by atoms with Crippen LogP contribution in [0.25, 0.3) is 16.6 Å². The van der Waals surface area contributed by atoms with Crippen molar-refractivity contribution in [3.05, 3.63) is 87.7 Å². The summed E-state index contributed by atoms with van der Waals surface area (Å²) in [5.74, 6) is 0.549. The minimum Gasteiger partial charge on any atom is -0.487 e. The van der Waals surface area contributed by atoms with Crippen LogP contribution in [-0.2, 0) is 20.1 Å². The van der Waals surface area contributed by atoms with E-state index in [9.17, 15) is 4.79 Å². The van der Waals surface area contributed by atoms with Gasteiger partial charge in [0.05, 0.1) is 16.9 Å². The van der Waals surface area contributed by atoms with Gasteiger partial charge in [0.1, 0.15) is 12.4 Å². The summed E-state index contributed by atoms with van der Waals surface area (Å²) in [6, 6.07) is 14.7. The molecule has 1 saturated heterocycles. The summed E-state index contributed by atoms with van der Waals surface area (Å²) in [7, 11) is 2.16. The van der Waals surface area contributed by atoms with Gasteiger partial charge in [0.2, 0.25) is 0 Å². The lowest BCUT2D eigenvalue weighted by Gasteiger charge is -2.36. The van der Waals surface area contributed by atoms with Gasteiger partial charge >= 0.3 is 0 Å². The quantitative estimate of drug-likeness (QED) is 0.513. The zero-order chi connectivity index (χ0) is 22.5. The first-order valence-electron chi connectivity index (χ1n) is 11.7. The number of benzene rings is 1.